The van der Waals surface area contributed by atoms with E-state index in [1.807, 2.05) is 6.92 Å². The van der Waals surface area contributed by atoms with Gasteiger partial charge in [-0.1, -0.05) is 13.0 Å². The molecular formula is C21H30N4O5. The summed E-state index contributed by atoms with van der Waals surface area (Å²) in [5, 5.41) is 17.5. The number of carboxylic acid groups (broad SMARTS) is 1. The van der Waals surface area contributed by atoms with E-state index < -0.39 is 18.1 Å². The van der Waals surface area contributed by atoms with Gasteiger partial charge in [0.25, 0.3) is 0 Å². The van der Waals surface area contributed by atoms with E-state index >= 15 is 0 Å². The number of alkyl carbamates (subject to hydrolysis) is 1. The summed E-state index contributed by atoms with van der Waals surface area (Å²) < 4.78 is 4.83. The number of aryl methyl sites for hydroxylation is 1. The van der Waals surface area contributed by atoms with Crippen LogP contribution in [0.25, 0.3) is 0 Å². The van der Waals surface area contributed by atoms with Gasteiger partial charge in [-0.3, -0.25) is 4.79 Å². The van der Waals surface area contributed by atoms with Crippen molar-refractivity contribution in [1.82, 2.24) is 15.6 Å². The highest BCUT2D eigenvalue weighted by Gasteiger charge is 2.35. The lowest BCUT2D eigenvalue weighted by atomic mass is 9.72. The number of fused-ring (bicyclic) bond motifs is 1. The Morgan fingerprint density at radius 3 is 2.87 bits per heavy atom. The molecule has 3 rings (SSSR count). The molecule has 2 amide bonds. The molecular weight excluding hydrogens is 388 g/mol. The number of aromatic nitrogens is 1. The third kappa shape index (κ3) is 5.84. The van der Waals surface area contributed by atoms with Crippen molar-refractivity contribution in [2.24, 2.45) is 11.8 Å². The molecule has 1 aliphatic carbocycles. The summed E-state index contributed by atoms with van der Waals surface area (Å²) in [5.41, 5.74) is 2.30. The molecule has 0 aromatic carbocycles. The minimum atomic E-state index is -1.22. The molecule has 1 aliphatic heterocycles. The molecule has 9 heteroatoms. The molecule has 9 nitrogen and oxygen atoms in total. The lowest BCUT2D eigenvalue weighted by Crippen LogP contribution is -2.50. The van der Waals surface area contributed by atoms with Crippen LogP contribution < -0.4 is 16.0 Å². The number of carbonyl (C=O) groups excluding carboxylic acids is 2. The highest BCUT2D eigenvalue weighted by molar-refractivity contribution is 5.83. The maximum Gasteiger partial charge on any atom is 0.407 e. The van der Waals surface area contributed by atoms with Crippen LogP contribution in [0.15, 0.2) is 12.1 Å². The van der Waals surface area contributed by atoms with Crippen LogP contribution in [0.2, 0.25) is 0 Å². The molecule has 30 heavy (non-hydrogen) atoms. The Morgan fingerprint density at radius 2 is 2.13 bits per heavy atom. The summed E-state index contributed by atoms with van der Waals surface area (Å²) in [6.45, 7) is 2.84. The van der Waals surface area contributed by atoms with Gasteiger partial charge in [-0.05, 0) is 56.1 Å². The van der Waals surface area contributed by atoms with E-state index in [4.69, 9.17) is 9.72 Å². The first-order valence-electron chi connectivity index (χ1n) is 10.6. The fourth-order valence-electron chi connectivity index (χ4n) is 3.82. The van der Waals surface area contributed by atoms with Gasteiger partial charge in [-0.2, -0.15) is 0 Å². The number of hydrogen-bond donors (Lipinski definition) is 4. The van der Waals surface area contributed by atoms with Gasteiger partial charge in [-0.15, -0.1) is 0 Å². The highest BCUT2D eigenvalue weighted by atomic mass is 16.5. The molecule has 2 heterocycles. The molecule has 0 radical (unpaired) electrons. The minimum Gasteiger partial charge on any atom is -0.480 e. The maximum atomic E-state index is 12.3. The summed E-state index contributed by atoms with van der Waals surface area (Å²) in [7, 11) is 0. The van der Waals surface area contributed by atoms with Crippen molar-refractivity contribution < 1.29 is 24.2 Å². The fourth-order valence-corrected chi connectivity index (χ4v) is 3.82. The molecule has 0 spiro atoms. The second-order valence-electron chi connectivity index (χ2n) is 8.00. The first kappa shape index (κ1) is 21.9. The molecule has 1 atom stereocenters. The van der Waals surface area contributed by atoms with E-state index in [2.05, 4.69) is 28.1 Å². The lowest BCUT2D eigenvalue weighted by molar-refractivity contribution is -0.139. The average molecular weight is 418 g/mol. The van der Waals surface area contributed by atoms with E-state index in [1.54, 1.807) is 0 Å². The summed E-state index contributed by atoms with van der Waals surface area (Å²) in [6.07, 6.45) is 4.37. The number of carbonyl (C=O) groups is 3. The van der Waals surface area contributed by atoms with Crippen molar-refractivity contribution in [1.29, 1.82) is 0 Å². The first-order valence-corrected chi connectivity index (χ1v) is 10.6. The van der Waals surface area contributed by atoms with E-state index in [1.165, 1.54) is 5.56 Å². The highest BCUT2D eigenvalue weighted by Crippen LogP contribution is 2.36. The second-order valence-corrected chi connectivity index (χ2v) is 8.00. The Morgan fingerprint density at radius 1 is 1.33 bits per heavy atom. The van der Waals surface area contributed by atoms with Gasteiger partial charge in [0.1, 0.15) is 11.9 Å². The van der Waals surface area contributed by atoms with Gasteiger partial charge >= 0.3 is 12.1 Å². The number of hydrogen-bond acceptors (Lipinski definition) is 6. The van der Waals surface area contributed by atoms with Gasteiger partial charge < -0.3 is 25.8 Å². The zero-order valence-electron chi connectivity index (χ0n) is 17.3. The normalized spacial score (nSPS) is 20.7. The molecule has 164 valence electrons. The Bertz CT molecular complexity index is 779. The number of rotatable bonds is 9. The molecule has 0 saturated heterocycles. The van der Waals surface area contributed by atoms with Crippen LogP contribution in [0, 0.1) is 11.8 Å². The van der Waals surface area contributed by atoms with Gasteiger partial charge in [0.15, 0.2) is 0 Å². The van der Waals surface area contributed by atoms with Crippen molar-refractivity contribution in [2.45, 2.75) is 51.5 Å². The van der Waals surface area contributed by atoms with Gasteiger partial charge in [-0.25, -0.2) is 14.6 Å². The summed E-state index contributed by atoms with van der Waals surface area (Å²) in [6, 6.07) is 2.98. The Balaban J connectivity index is 1.40. The fraction of sp³-hybridized carbons (Fsp3) is 0.619. The van der Waals surface area contributed by atoms with E-state index in [-0.39, 0.29) is 25.0 Å². The predicted molar refractivity (Wildman–Crippen MR) is 110 cm³/mol. The number of anilines is 1. The van der Waals surface area contributed by atoms with Crippen molar-refractivity contribution in [3.63, 3.8) is 0 Å². The minimum absolute atomic E-state index is 0.132. The molecule has 0 bridgehead atoms. The monoisotopic (exact) mass is 418 g/mol. The first-order chi connectivity index (χ1) is 14.5. The Kier molecular flexibility index (Phi) is 7.48. The van der Waals surface area contributed by atoms with E-state index in [0.29, 0.717) is 12.3 Å². The van der Waals surface area contributed by atoms with Crippen LogP contribution in [-0.2, 0) is 27.2 Å². The maximum absolute atomic E-state index is 12.3. The van der Waals surface area contributed by atoms with Crippen LogP contribution >= 0.6 is 0 Å². The third-order valence-electron chi connectivity index (χ3n) is 5.56. The second kappa shape index (κ2) is 10.3. The van der Waals surface area contributed by atoms with Crippen molar-refractivity contribution in [3.8, 4) is 0 Å². The molecule has 1 saturated carbocycles. The summed E-state index contributed by atoms with van der Waals surface area (Å²) >= 11 is 0. The average Bonchev–Trinajstić information content (AvgIpc) is 2.71. The van der Waals surface area contributed by atoms with Crippen LogP contribution in [0.1, 0.15) is 43.9 Å². The molecule has 0 unspecified atom stereocenters. The summed E-state index contributed by atoms with van der Waals surface area (Å²) in [5.74, 6) is -0.153. The number of nitrogens with zero attached hydrogens (tertiary/aromatic N) is 1. The van der Waals surface area contributed by atoms with Gasteiger partial charge in [0.2, 0.25) is 5.91 Å². The lowest BCUT2D eigenvalue weighted by Gasteiger charge is -2.34. The van der Waals surface area contributed by atoms with Crippen LogP contribution in [0.5, 0.6) is 0 Å². The smallest absolute Gasteiger partial charge is 0.407 e. The van der Waals surface area contributed by atoms with Crippen molar-refractivity contribution in [3.05, 3.63) is 23.4 Å². The third-order valence-corrected chi connectivity index (χ3v) is 5.56. The van der Waals surface area contributed by atoms with Gasteiger partial charge in [0, 0.05) is 24.7 Å². The standard InChI is InChI=1S/C21H30N4O5/c1-2-8-30-21(29)25-17(20(27)28)12-23-19(26)15-9-13(10-15)11-16-6-5-14-4-3-7-22-18(14)24-16/h5-6,13,15,17H,2-4,7-12H2,1H3,(H,22,24)(H,23,26)(H,25,29)(H,27,28)/t13-,15+,17-/m0/s1. The van der Waals surface area contributed by atoms with Crippen LogP contribution in [0.3, 0.4) is 0 Å². The van der Waals surface area contributed by atoms with Crippen LogP contribution in [0.4, 0.5) is 10.6 Å². The van der Waals surface area contributed by atoms with Crippen molar-refractivity contribution in [2.75, 3.05) is 25.0 Å². The SMILES string of the molecule is CCCOC(=O)N[C@@H](CNC(=O)[C@H]1C[C@@H](Cc2ccc3c(n2)NCCC3)C1)C(=O)O. The molecule has 4 N–H and O–H groups in total. The topological polar surface area (TPSA) is 130 Å². The van der Waals surface area contributed by atoms with E-state index in [0.717, 1.165) is 50.2 Å². The number of amides is 2. The predicted octanol–water partition coefficient (Wildman–Crippen LogP) is 1.71. The molecule has 1 aromatic heterocycles. The zero-order chi connectivity index (χ0) is 21.5. The van der Waals surface area contributed by atoms with Crippen molar-refractivity contribution >= 4 is 23.8 Å². The summed E-state index contributed by atoms with van der Waals surface area (Å²) in [4.78, 5) is 39.9. The quantitative estimate of drug-likeness (QED) is 0.480. The number of aliphatic carboxylic acids is 1. The number of pyridine rings is 1. The Hall–Kier alpha value is -2.84. The molecule has 1 fully saturated rings. The Labute approximate surface area is 176 Å². The van der Waals surface area contributed by atoms with Gasteiger partial charge in [0.05, 0.1) is 6.61 Å². The molecule has 1 aromatic rings. The number of nitrogens with one attached hydrogen (secondary N) is 3. The largest absolute Gasteiger partial charge is 0.480 e. The van der Waals surface area contributed by atoms with E-state index in [9.17, 15) is 19.5 Å². The number of carboxylic acids is 1. The van der Waals surface area contributed by atoms with Crippen LogP contribution in [-0.4, -0.2) is 53.8 Å². The zero-order valence-corrected chi connectivity index (χ0v) is 17.3. The number of ether oxygens (including phenoxy) is 1. The molecule has 2 aliphatic rings.